The van der Waals surface area contributed by atoms with Gasteiger partial charge in [0.05, 0.1) is 19.1 Å². The number of rotatable bonds is 14. The van der Waals surface area contributed by atoms with Gasteiger partial charge in [0.25, 0.3) is 0 Å². The molecule has 0 aliphatic heterocycles. The van der Waals surface area contributed by atoms with E-state index in [1.807, 2.05) is 37.3 Å². The fourth-order valence-electron chi connectivity index (χ4n) is 4.38. The van der Waals surface area contributed by atoms with Crippen LogP contribution in [0.5, 0.6) is 5.75 Å². The molecule has 0 fully saturated rings. The van der Waals surface area contributed by atoms with E-state index in [1.165, 1.54) is 28.4 Å². The molecule has 1 atom stereocenters. The predicted molar refractivity (Wildman–Crippen MR) is 154 cm³/mol. The number of sulfonamides is 1. The molecule has 40 heavy (non-hydrogen) atoms. The minimum absolute atomic E-state index is 0.00800. The highest BCUT2D eigenvalue weighted by Crippen LogP contribution is 2.23. The summed E-state index contributed by atoms with van der Waals surface area (Å²) < 4.78 is 45.1. The molecule has 0 aliphatic rings. The zero-order chi connectivity index (χ0) is 29.1. The monoisotopic (exact) mass is 569 g/mol. The van der Waals surface area contributed by atoms with Crippen molar-refractivity contribution in [1.82, 2.24) is 10.2 Å². The van der Waals surface area contributed by atoms with Crippen LogP contribution in [0.2, 0.25) is 0 Å². The zero-order valence-corrected chi connectivity index (χ0v) is 23.9. The number of anilines is 1. The average molecular weight is 570 g/mol. The van der Waals surface area contributed by atoms with Crippen molar-refractivity contribution >= 4 is 27.5 Å². The molecule has 214 valence electrons. The number of likely N-dealkylation sites (N-methyl/N-ethyl adjacent to an activating group) is 1. The topological polar surface area (TPSA) is 96.0 Å². The van der Waals surface area contributed by atoms with Crippen molar-refractivity contribution in [3.63, 3.8) is 0 Å². The Balaban J connectivity index is 1.84. The van der Waals surface area contributed by atoms with Gasteiger partial charge in [0.2, 0.25) is 21.8 Å². The number of nitrogens with zero attached hydrogens (tertiary/aromatic N) is 2. The molecule has 10 heteroatoms. The number of amides is 2. The summed E-state index contributed by atoms with van der Waals surface area (Å²) in [7, 11) is -2.09. The number of carbonyl (C=O) groups is 2. The summed E-state index contributed by atoms with van der Waals surface area (Å²) in [5, 5.41) is 2.83. The first-order valence-electron chi connectivity index (χ1n) is 13.1. The Labute approximate surface area is 235 Å². The van der Waals surface area contributed by atoms with E-state index in [1.54, 1.807) is 36.4 Å². The van der Waals surface area contributed by atoms with Crippen LogP contribution < -0.4 is 14.4 Å². The first-order valence-corrected chi connectivity index (χ1v) is 14.9. The molecular formula is C30H36FN3O5S. The van der Waals surface area contributed by atoms with Crippen molar-refractivity contribution in [1.29, 1.82) is 0 Å². The number of hydrogen-bond donors (Lipinski definition) is 1. The lowest BCUT2D eigenvalue weighted by atomic mass is 10.0. The van der Waals surface area contributed by atoms with Crippen LogP contribution >= 0.6 is 0 Å². The Morgan fingerprint density at radius 3 is 2.17 bits per heavy atom. The van der Waals surface area contributed by atoms with Gasteiger partial charge in [-0.2, -0.15) is 0 Å². The average Bonchev–Trinajstić information content (AvgIpc) is 2.94. The van der Waals surface area contributed by atoms with Crippen molar-refractivity contribution < 1.29 is 27.1 Å². The summed E-state index contributed by atoms with van der Waals surface area (Å²) >= 11 is 0. The number of ether oxygens (including phenoxy) is 1. The van der Waals surface area contributed by atoms with Crippen molar-refractivity contribution in [3.8, 4) is 5.75 Å². The summed E-state index contributed by atoms with van der Waals surface area (Å²) in [6.45, 7) is 2.38. The van der Waals surface area contributed by atoms with Crippen molar-refractivity contribution in [3.05, 3.63) is 95.8 Å². The molecular weight excluding hydrogens is 533 g/mol. The van der Waals surface area contributed by atoms with Crippen LogP contribution in [-0.4, -0.2) is 57.6 Å². The molecule has 0 saturated carbocycles. The fourth-order valence-corrected chi connectivity index (χ4v) is 5.35. The van der Waals surface area contributed by atoms with Gasteiger partial charge in [-0.25, -0.2) is 12.8 Å². The molecule has 0 saturated heterocycles. The number of methoxy groups -OCH3 is 1. The summed E-state index contributed by atoms with van der Waals surface area (Å²) in [5.41, 5.74) is 2.02. The van der Waals surface area contributed by atoms with Crippen LogP contribution in [0.4, 0.5) is 10.1 Å². The SMILES string of the molecule is CCNC(=O)[C@@H](Cc1ccccc1)N(Cc1ccc(F)cc1)C(=O)CCCN(c1ccc(OC)cc1)S(C)(=O)=O. The van der Waals surface area contributed by atoms with Gasteiger partial charge >= 0.3 is 0 Å². The Bertz CT molecular complexity index is 1350. The van der Waals surface area contributed by atoms with Gasteiger partial charge < -0.3 is 15.0 Å². The first kappa shape index (κ1) is 30.6. The predicted octanol–water partition coefficient (Wildman–Crippen LogP) is 4.16. The van der Waals surface area contributed by atoms with Gasteiger partial charge in [0, 0.05) is 32.5 Å². The molecule has 0 bridgehead atoms. The summed E-state index contributed by atoms with van der Waals surface area (Å²) in [5.74, 6) is -0.401. The second-order valence-electron chi connectivity index (χ2n) is 9.38. The molecule has 0 heterocycles. The molecule has 1 N–H and O–H groups in total. The largest absolute Gasteiger partial charge is 0.497 e. The van der Waals surface area contributed by atoms with Crippen molar-refractivity contribution in [2.45, 2.75) is 38.8 Å². The van der Waals surface area contributed by atoms with Gasteiger partial charge in [0.15, 0.2) is 0 Å². The van der Waals surface area contributed by atoms with Gasteiger partial charge in [-0.3, -0.25) is 13.9 Å². The molecule has 2 amide bonds. The second-order valence-corrected chi connectivity index (χ2v) is 11.3. The lowest BCUT2D eigenvalue weighted by Crippen LogP contribution is -2.50. The number of carbonyl (C=O) groups excluding carboxylic acids is 2. The number of hydrogen-bond acceptors (Lipinski definition) is 5. The van der Waals surface area contributed by atoms with E-state index < -0.39 is 21.9 Å². The standard InChI is InChI=1S/C30H36FN3O5S/c1-4-32-30(36)28(21-23-9-6-5-7-10-23)33(22-24-12-14-25(31)15-13-24)29(35)11-8-20-34(40(3,37)38)26-16-18-27(39-2)19-17-26/h5-7,9-10,12-19,28H,4,8,11,20-22H2,1-3H3,(H,32,36)/t28-/m1/s1. The highest BCUT2D eigenvalue weighted by atomic mass is 32.2. The van der Waals surface area contributed by atoms with Crippen LogP contribution in [0.1, 0.15) is 30.9 Å². The Hall–Kier alpha value is -3.92. The number of benzene rings is 3. The Morgan fingerprint density at radius 1 is 0.950 bits per heavy atom. The third kappa shape index (κ3) is 8.81. The van der Waals surface area contributed by atoms with E-state index >= 15 is 0 Å². The zero-order valence-electron chi connectivity index (χ0n) is 23.0. The molecule has 0 radical (unpaired) electrons. The first-order chi connectivity index (χ1) is 19.1. The maximum Gasteiger partial charge on any atom is 0.243 e. The second kappa shape index (κ2) is 14.5. The lowest BCUT2D eigenvalue weighted by molar-refractivity contribution is -0.141. The Kier molecular flexibility index (Phi) is 11.1. The molecule has 0 aromatic heterocycles. The quantitative estimate of drug-likeness (QED) is 0.315. The molecule has 3 aromatic carbocycles. The number of halogens is 1. The minimum Gasteiger partial charge on any atom is -0.497 e. The van der Waals surface area contributed by atoms with Gasteiger partial charge in [0.1, 0.15) is 17.6 Å². The van der Waals surface area contributed by atoms with E-state index in [0.29, 0.717) is 30.0 Å². The summed E-state index contributed by atoms with van der Waals surface area (Å²) in [6.07, 6.45) is 1.64. The maximum absolute atomic E-state index is 13.7. The molecule has 0 unspecified atom stereocenters. The molecule has 0 spiro atoms. The van der Waals surface area contributed by atoms with Crippen LogP contribution in [0.25, 0.3) is 0 Å². The van der Waals surface area contributed by atoms with E-state index in [9.17, 15) is 22.4 Å². The fraction of sp³-hybridized carbons (Fsp3) is 0.333. The highest BCUT2D eigenvalue weighted by molar-refractivity contribution is 7.92. The van der Waals surface area contributed by atoms with E-state index in [-0.39, 0.29) is 37.7 Å². The number of nitrogens with one attached hydrogen (secondary N) is 1. The van der Waals surface area contributed by atoms with Crippen LogP contribution in [0.3, 0.4) is 0 Å². The van der Waals surface area contributed by atoms with Crippen molar-refractivity contribution in [2.24, 2.45) is 0 Å². The summed E-state index contributed by atoms with van der Waals surface area (Å²) in [4.78, 5) is 28.4. The third-order valence-corrected chi connectivity index (χ3v) is 7.59. The highest BCUT2D eigenvalue weighted by Gasteiger charge is 2.30. The molecule has 0 aliphatic carbocycles. The van der Waals surface area contributed by atoms with Crippen molar-refractivity contribution in [2.75, 3.05) is 30.8 Å². The van der Waals surface area contributed by atoms with E-state index in [4.69, 9.17) is 4.74 Å². The normalized spacial score (nSPS) is 11.9. The third-order valence-electron chi connectivity index (χ3n) is 6.40. The minimum atomic E-state index is -3.62. The lowest BCUT2D eigenvalue weighted by Gasteiger charge is -2.32. The maximum atomic E-state index is 13.7. The van der Waals surface area contributed by atoms with Gasteiger partial charge in [-0.1, -0.05) is 42.5 Å². The molecule has 3 rings (SSSR count). The molecule has 8 nitrogen and oxygen atoms in total. The Morgan fingerprint density at radius 2 is 1.60 bits per heavy atom. The van der Waals surface area contributed by atoms with Crippen LogP contribution in [0, 0.1) is 5.82 Å². The van der Waals surface area contributed by atoms with Gasteiger partial charge in [-0.05, 0) is 60.9 Å². The smallest absolute Gasteiger partial charge is 0.243 e. The van der Waals surface area contributed by atoms with Crippen LogP contribution in [0.15, 0.2) is 78.9 Å². The molecule has 3 aromatic rings. The van der Waals surface area contributed by atoms with E-state index in [0.717, 1.165) is 11.8 Å². The van der Waals surface area contributed by atoms with E-state index in [2.05, 4.69) is 5.32 Å². The van der Waals surface area contributed by atoms with Crippen LogP contribution in [-0.2, 0) is 32.6 Å². The van der Waals surface area contributed by atoms with Gasteiger partial charge in [-0.15, -0.1) is 0 Å². The summed E-state index contributed by atoms with van der Waals surface area (Å²) in [6, 6.07) is 21.0.